The van der Waals surface area contributed by atoms with E-state index in [4.69, 9.17) is 28.8 Å². The number of anilines is 3. The first-order chi connectivity index (χ1) is 17.5. The molecule has 2 aromatic carbocycles. The van der Waals surface area contributed by atoms with Crippen molar-refractivity contribution in [2.45, 2.75) is 31.1 Å². The van der Waals surface area contributed by atoms with E-state index in [1.807, 2.05) is 18.2 Å². The van der Waals surface area contributed by atoms with Gasteiger partial charge in [0, 0.05) is 49.9 Å². The Hall–Kier alpha value is -2.97. The first kappa shape index (κ1) is 24.7. The Kier molecular flexibility index (Phi) is 7.53. The van der Waals surface area contributed by atoms with Crippen LogP contribution in [0.1, 0.15) is 31.2 Å². The highest BCUT2D eigenvalue weighted by Gasteiger charge is 2.35. The maximum Gasteiger partial charge on any atom is 0.232 e. The third kappa shape index (κ3) is 5.71. The van der Waals surface area contributed by atoms with E-state index in [9.17, 15) is 4.39 Å². The Morgan fingerprint density at radius 1 is 0.944 bits per heavy atom. The number of rotatable bonds is 6. The maximum atomic E-state index is 13.5. The zero-order chi connectivity index (χ0) is 25.0. The number of thiocarbonyl (C=S) groups is 1. The number of nitrogens with one attached hydrogen (secondary N) is 2. The number of aromatic nitrogens is 2. The molecule has 1 aliphatic carbocycles. The summed E-state index contributed by atoms with van der Waals surface area (Å²) < 4.78 is 13.5. The summed E-state index contributed by atoms with van der Waals surface area (Å²) in [5.41, 5.74) is 2.32. The molecule has 2 N–H and O–H groups in total. The van der Waals surface area contributed by atoms with Crippen LogP contribution >= 0.6 is 23.8 Å². The van der Waals surface area contributed by atoms with Crippen LogP contribution in [0.3, 0.4) is 0 Å². The first-order valence-corrected chi connectivity index (χ1v) is 13.2. The summed E-state index contributed by atoms with van der Waals surface area (Å²) in [5.74, 6) is 0.946. The Labute approximate surface area is 221 Å². The predicted molar refractivity (Wildman–Crippen MR) is 149 cm³/mol. The molecule has 2 fully saturated rings. The van der Waals surface area contributed by atoms with Crippen LogP contribution in [0, 0.1) is 5.82 Å². The van der Waals surface area contributed by atoms with Crippen molar-refractivity contribution in [2.24, 2.45) is 0 Å². The lowest BCUT2D eigenvalue weighted by atomic mass is 9.79. The van der Waals surface area contributed by atoms with E-state index < -0.39 is 0 Å². The second-order valence-corrected chi connectivity index (χ2v) is 10.3. The van der Waals surface area contributed by atoms with Gasteiger partial charge in [-0.25, -0.2) is 9.37 Å². The molecule has 9 heteroatoms. The molecular weight excluding hydrogens is 495 g/mol. The molecule has 1 aliphatic heterocycles. The van der Waals surface area contributed by atoms with Crippen LogP contribution < -0.4 is 20.4 Å². The van der Waals surface area contributed by atoms with E-state index in [-0.39, 0.29) is 11.2 Å². The second-order valence-electron chi connectivity index (χ2n) is 9.48. The lowest BCUT2D eigenvalue weighted by Gasteiger charge is -2.36. The number of hydrogen-bond donors (Lipinski definition) is 2. The van der Waals surface area contributed by atoms with Gasteiger partial charge in [0.2, 0.25) is 5.95 Å². The van der Waals surface area contributed by atoms with Crippen molar-refractivity contribution in [3.8, 4) is 0 Å². The zero-order valence-electron chi connectivity index (χ0n) is 20.1. The minimum atomic E-state index is -0.215. The van der Waals surface area contributed by atoms with E-state index >= 15 is 0 Å². The Morgan fingerprint density at radius 3 is 2.31 bits per heavy atom. The van der Waals surface area contributed by atoms with Gasteiger partial charge in [-0.2, -0.15) is 4.98 Å². The fourth-order valence-electron chi connectivity index (χ4n) is 5.27. The van der Waals surface area contributed by atoms with Crippen molar-refractivity contribution >= 4 is 46.4 Å². The fourth-order valence-corrected chi connectivity index (χ4v) is 5.62. The van der Waals surface area contributed by atoms with Crippen molar-refractivity contribution in [2.75, 3.05) is 47.8 Å². The lowest BCUT2D eigenvalue weighted by Crippen LogP contribution is -2.47. The molecule has 3 aromatic rings. The highest BCUT2D eigenvalue weighted by atomic mass is 35.5. The van der Waals surface area contributed by atoms with E-state index in [2.05, 4.69) is 49.7 Å². The van der Waals surface area contributed by atoms with Gasteiger partial charge in [-0.3, -0.25) is 0 Å². The minimum absolute atomic E-state index is 0.0573. The molecule has 0 unspecified atom stereocenters. The Bertz CT molecular complexity index is 1180. The molecule has 5 rings (SSSR count). The molecule has 1 aromatic heterocycles. The highest BCUT2D eigenvalue weighted by Crippen LogP contribution is 2.40. The van der Waals surface area contributed by atoms with Crippen molar-refractivity contribution in [1.82, 2.24) is 15.3 Å². The van der Waals surface area contributed by atoms with Crippen LogP contribution in [0.15, 0.2) is 60.7 Å². The molecule has 0 radical (unpaired) electrons. The van der Waals surface area contributed by atoms with Crippen LogP contribution in [-0.4, -0.2) is 47.8 Å². The van der Waals surface area contributed by atoms with Gasteiger partial charge in [0.25, 0.3) is 0 Å². The summed E-state index contributed by atoms with van der Waals surface area (Å²) in [5, 5.41) is 7.29. The fraction of sp³-hybridized carbons (Fsp3) is 0.370. The van der Waals surface area contributed by atoms with Gasteiger partial charge >= 0.3 is 0 Å². The summed E-state index contributed by atoms with van der Waals surface area (Å²) in [6.45, 7) is 4.15. The number of piperazine rings is 1. The number of hydrogen-bond acceptors (Lipinski definition) is 5. The molecule has 0 atom stereocenters. The second kappa shape index (κ2) is 11.0. The van der Waals surface area contributed by atoms with Crippen molar-refractivity contribution < 1.29 is 4.39 Å². The van der Waals surface area contributed by atoms with Crippen LogP contribution in [0.5, 0.6) is 0 Å². The summed E-state index contributed by atoms with van der Waals surface area (Å²) in [6.07, 6.45) is 4.39. The molecule has 2 heterocycles. The molecule has 0 bridgehead atoms. The molecule has 2 aliphatic rings. The normalized spacial score (nSPS) is 17.2. The quantitative estimate of drug-likeness (QED) is 0.331. The summed E-state index contributed by atoms with van der Waals surface area (Å²) in [7, 11) is 0. The standard InChI is InChI=1S/C27H30ClFN6S/c28-23-18-24(35-16-14-34(15-17-35)22-6-2-1-3-7-22)32-25(31-23)33-26(36)30-19-27(12-4-5-13-27)20-8-10-21(29)11-9-20/h1-3,6-11,18H,4-5,12-17,19H2,(H2,30,31,32,33,36). The molecule has 1 saturated heterocycles. The number of nitrogens with zero attached hydrogens (tertiary/aromatic N) is 4. The first-order valence-electron chi connectivity index (χ1n) is 12.4. The van der Waals surface area contributed by atoms with Gasteiger partial charge in [-0.1, -0.05) is 54.8 Å². The van der Waals surface area contributed by atoms with Gasteiger partial charge < -0.3 is 20.4 Å². The van der Waals surface area contributed by atoms with Gasteiger partial charge in [-0.05, 0) is 54.9 Å². The lowest BCUT2D eigenvalue weighted by molar-refractivity contribution is 0.434. The molecule has 6 nitrogen and oxygen atoms in total. The van der Waals surface area contributed by atoms with E-state index in [0.717, 1.165) is 63.2 Å². The zero-order valence-corrected chi connectivity index (χ0v) is 21.7. The van der Waals surface area contributed by atoms with Crippen molar-refractivity contribution in [3.63, 3.8) is 0 Å². The molecular formula is C27H30ClFN6S. The Morgan fingerprint density at radius 2 is 1.61 bits per heavy atom. The topological polar surface area (TPSA) is 56.3 Å². The van der Waals surface area contributed by atoms with Crippen molar-refractivity contribution in [3.05, 3.63) is 77.2 Å². The highest BCUT2D eigenvalue weighted by molar-refractivity contribution is 7.80. The monoisotopic (exact) mass is 524 g/mol. The molecule has 36 heavy (non-hydrogen) atoms. The molecule has 1 saturated carbocycles. The molecule has 188 valence electrons. The van der Waals surface area contributed by atoms with E-state index in [1.54, 1.807) is 6.07 Å². The van der Waals surface area contributed by atoms with Crippen LogP contribution in [0.4, 0.5) is 21.8 Å². The maximum absolute atomic E-state index is 13.5. The van der Waals surface area contributed by atoms with E-state index in [1.165, 1.54) is 17.8 Å². The Balaban J connectivity index is 1.20. The van der Waals surface area contributed by atoms with E-state index in [0.29, 0.717) is 22.8 Å². The van der Waals surface area contributed by atoms with Crippen LogP contribution in [-0.2, 0) is 5.41 Å². The van der Waals surface area contributed by atoms with Crippen LogP contribution in [0.2, 0.25) is 5.15 Å². The van der Waals surface area contributed by atoms with Gasteiger partial charge in [0.15, 0.2) is 5.11 Å². The van der Waals surface area contributed by atoms with Gasteiger partial charge in [0.05, 0.1) is 0 Å². The largest absolute Gasteiger partial charge is 0.368 e. The van der Waals surface area contributed by atoms with Gasteiger partial charge in [0.1, 0.15) is 16.8 Å². The number of halogens is 2. The predicted octanol–water partition coefficient (Wildman–Crippen LogP) is 5.39. The third-order valence-electron chi connectivity index (χ3n) is 7.24. The summed E-state index contributed by atoms with van der Waals surface area (Å²) in [4.78, 5) is 13.6. The third-order valence-corrected chi connectivity index (χ3v) is 7.68. The van der Waals surface area contributed by atoms with Crippen LogP contribution in [0.25, 0.3) is 0 Å². The minimum Gasteiger partial charge on any atom is -0.368 e. The average Bonchev–Trinajstić information content (AvgIpc) is 3.38. The smallest absolute Gasteiger partial charge is 0.232 e. The molecule has 0 amide bonds. The van der Waals surface area contributed by atoms with Crippen molar-refractivity contribution in [1.29, 1.82) is 0 Å². The number of para-hydroxylation sites is 1. The SMILES string of the molecule is Fc1ccc(C2(CNC(=S)Nc3nc(Cl)cc(N4CCN(c5ccccc5)CC4)n3)CCCC2)cc1. The van der Waals surface area contributed by atoms with Gasteiger partial charge in [-0.15, -0.1) is 0 Å². The summed E-state index contributed by atoms with van der Waals surface area (Å²) >= 11 is 11.9. The summed E-state index contributed by atoms with van der Waals surface area (Å²) in [6, 6.07) is 19.1. The number of benzene rings is 2. The average molecular weight is 525 g/mol. The molecule has 0 spiro atoms.